The van der Waals surface area contributed by atoms with Gasteiger partial charge in [0.1, 0.15) is 0 Å². The third-order valence-corrected chi connectivity index (χ3v) is 5.92. The van der Waals surface area contributed by atoms with Crippen LogP contribution in [0, 0.1) is 0 Å². The molecule has 3 rings (SSSR count). The second kappa shape index (κ2) is 6.96. The second-order valence-corrected chi connectivity index (χ2v) is 8.20. The first-order valence-corrected chi connectivity index (χ1v) is 10.3. The van der Waals surface area contributed by atoms with E-state index in [4.69, 9.17) is 0 Å². The minimum Gasteiger partial charge on any atom is -0.322 e. The number of hydrogen-bond donors (Lipinski definition) is 2. The van der Waals surface area contributed by atoms with Gasteiger partial charge in [-0.2, -0.15) is 0 Å². The first kappa shape index (κ1) is 17.0. The van der Waals surface area contributed by atoms with Gasteiger partial charge in [0, 0.05) is 22.2 Å². The maximum absolute atomic E-state index is 12.3. The maximum Gasteiger partial charge on any atom is 0.255 e. The average molecular weight is 362 g/mol. The SMILES string of the molecule is CSc1cccc(NC(=O)c2ccc(S(=O)(=O)NC3CC3)cc2)c1. The van der Waals surface area contributed by atoms with Crippen LogP contribution in [0.1, 0.15) is 23.2 Å². The average Bonchev–Trinajstić information content (AvgIpc) is 3.38. The van der Waals surface area contributed by atoms with E-state index < -0.39 is 10.0 Å². The van der Waals surface area contributed by atoms with E-state index in [1.165, 1.54) is 24.3 Å². The van der Waals surface area contributed by atoms with Crippen LogP contribution in [0.4, 0.5) is 5.69 Å². The van der Waals surface area contributed by atoms with Crippen molar-refractivity contribution in [2.45, 2.75) is 28.7 Å². The van der Waals surface area contributed by atoms with Crippen molar-refractivity contribution in [2.24, 2.45) is 0 Å². The molecule has 0 atom stereocenters. The van der Waals surface area contributed by atoms with Gasteiger partial charge in [0.2, 0.25) is 10.0 Å². The molecule has 0 aromatic heterocycles. The molecule has 0 bridgehead atoms. The number of rotatable bonds is 6. The van der Waals surface area contributed by atoms with Gasteiger partial charge in [0.05, 0.1) is 4.90 Å². The third-order valence-electron chi connectivity index (χ3n) is 3.65. The van der Waals surface area contributed by atoms with E-state index in [0.717, 1.165) is 17.7 Å². The van der Waals surface area contributed by atoms with Gasteiger partial charge in [-0.1, -0.05) is 6.07 Å². The molecule has 0 radical (unpaired) electrons. The van der Waals surface area contributed by atoms with Gasteiger partial charge < -0.3 is 5.32 Å². The number of hydrogen-bond acceptors (Lipinski definition) is 4. The Morgan fingerprint density at radius 1 is 1.12 bits per heavy atom. The minimum absolute atomic E-state index is 0.0571. The summed E-state index contributed by atoms with van der Waals surface area (Å²) in [6.45, 7) is 0. The zero-order valence-electron chi connectivity index (χ0n) is 13.2. The first-order valence-electron chi connectivity index (χ1n) is 7.56. The molecule has 126 valence electrons. The van der Waals surface area contributed by atoms with Gasteiger partial charge in [-0.15, -0.1) is 11.8 Å². The number of nitrogens with one attached hydrogen (secondary N) is 2. The van der Waals surface area contributed by atoms with E-state index in [0.29, 0.717) is 11.3 Å². The zero-order valence-corrected chi connectivity index (χ0v) is 14.8. The van der Waals surface area contributed by atoms with Crippen molar-refractivity contribution in [3.8, 4) is 0 Å². The van der Waals surface area contributed by atoms with Crippen LogP contribution >= 0.6 is 11.8 Å². The van der Waals surface area contributed by atoms with Gasteiger partial charge in [-0.05, 0) is 61.6 Å². The van der Waals surface area contributed by atoms with Crippen molar-refractivity contribution in [3.05, 3.63) is 54.1 Å². The molecule has 0 unspecified atom stereocenters. The smallest absolute Gasteiger partial charge is 0.255 e. The summed E-state index contributed by atoms with van der Waals surface area (Å²) in [7, 11) is -3.49. The zero-order chi connectivity index (χ0) is 17.2. The molecule has 1 aliphatic rings. The van der Waals surface area contributed by atoms with Crippen LogP contribution in [0.25, 0.3) is 0 Å². The second-order valence-electron chi connectivity index (χ2n) is 5.61. The van der Waals surface area contributed by atoms with Crippen molar-refractivity contribution < 1.29 is 13.2 Å². The Morgan fingerprint density at radius 3 is 2.46 bits per heavy atom. The van der Waals surface area contributed by atoms with Crippen LogP contribution in [0.3, 0.4) is 0 Å². The van der Waals surface area contributed by atoms with E-state index >= 15 is 0 Å². The number of thioether (sulfide) groups is 1. The molecule has 1 aliphatic carbocycles. The van der Waals surface area contributed by atoms with Crippen LogP contribution in [0.15, 0.2) is 58.3 Å². The van der Waals surface area contributed by atoms with Crippen molar-refractivity contribution in [1.29, 1.82) is 0 Å². The Hall–Kier alpha value is -1.83. The monoisotopic (exact) mass is 362 g/mol. The fourth-order valence-electron chi connectivity index (χ4n) is 2.18. The van der Waals surface area contributed by atoms with Gasteiger partial charge in [-0.3, -0.25) is 4.79 Å². The van der Waals surface area contributed by atoms with Crippen molar-refractivity contribution in [1.82, 2.24) is 4.72 Å². The van der Waals surface area contributed by atoms with Crippen molar-refractivity contribution >= 4 is 33.4 Å². The molecule has 7 heteroatoms. The molecule has 2 aromatic rings. The Balaban J connectivity index is 1.71. The van der Waals surface area contributed by atoms with Gasteiger partial charge >= 0.3 is 0 Å². The van der Waals surface area contributed by atoms with Gasteiger partial charge in [0.15, 0.2) is 0 Å². The fourth-order valence-corrected chi connectivity index (χ4v) is 3.94. The quantitative estimate of drug-likeness (QED) is 0.774. The first-order chi connectivity index (χ1) is 11.5. The topological polar surface area (TPSA) is 75.3 Å². The molecule has 1 amide bonds. The normalized spacial score (nSPS) is 14.4. The number of carbonyl (C=O) groups is 1. The van der Waals surface area contributed by atoms with E-state index in [1.807, 2.05) is 30.5 Å². The van der Waals surface area contributed by atoms with Crippen LogP contribution in [0.5, 0.6) is 0 Å². The summed E-state index contributed by atoms with van der Waals surface area (Å²) in [5.74, 6) is -0.271. The van der Waals surface area contributed by atoms with Crippen LogP contribution in [-0.4, -0.2) is 26.6 Å². The van der Waals surface area contributed by atoms with Crippen molar-refractivity contribution in [2.75, 3.05) is 11.6 Å². The highest BCUT2D eigenvalue weighted by molar-refractivity contribution is 7.98. The number of anilines is 1. The van der Waals surface area contributed by atoms with E-state index in [1.54, 1.807) is 11.8 Å². The highest BCUT2D eigenvalue weighted by Crippen LogP contribution is 2.23. The minimum atomic E-state index is -3.49. The molecule has 24 heavy (non-hydrogen) atoms. The molecule has 5 nitrogen and oxygen atoms in total. The van der Waals surface area contributed by atoms with Crippen molar-refractivity contribution in [3.63, 3.8) is 0 Å². The molecular weight excluding hydrogens is 344 g/mol. The number of benzene rings is 2. The molecule has 0 saturated heterocycles. The highest BCUT2D eigenvalue weighted by atomic mass is 32.2. The van der Waals surface area contributed by atoms with E-state index in [9.17, 15) is 13.2 Å². The third kappa shape index (κ3) is 4.17. The van der Waals surface area contributed by atoms with Crippen LogP contribution in [0.2, 0.25) is 0 Å². The Morgan fingerprint density at radius 2 is 1.83 bits per heavy atom. The fraction of sp³-hybridized carbons (Fsp3) is 0.235. The number of sulfonamides is 1. The summed E-state index contributed by atoms with van der Waals surface area (Å²) in [4.78, 5) is 13.5. The predicted molar refractivity (Wildman–Crippen MR) is 96.0 cm³/mol. The molecule has 2 N–H and O–H groups in total. The summed E-state index contributed by atoms with van der Waals surface area (Å²) >= 11 is 1.60. The lowest BCUT2D eigenvalue weighted by Gasteiger charge is -2.08. The summed E-state index contributed by atoms with van der Waals surface area (Å²) in [6.07, 6.45) is 3.74. The molecule has 0 heterocycles. The predicted octanol–water partition coefficient (Wildman–Crippen LogP) is 3.10. The van der Waals surface area contributed by atoms with Crippen LogP contribution < -0.4 is 10.0 Å². The Bertz CT molecular complexity index is 844. The summed E-state index contributed by atoms with van der Waals surface area (Å²) in [6, 6.07) is 13.6. The molecule has 1 fully saturated rings. The molecule has 0 aliphatic heterocycles. The highest BCUT2D eigenvalue weighted by Gasteiger charge is 2.27. The summed E-state index contributed by atoms with van der Waals surface area (Å²) < 4.78 is 26.8. The van der Waals surface area contributed by atoms with Gasteiger partial charge in [-0.25, -0.2) is 13.1 Å². The molecule has 0 spiro atoms. The van der Waals surface area contributed by atoms with Crippen LogP contribution in [-0.2, 0) is 10.0 Å². The molecule has 2 aromatic carbocycles. The van der Waals surface area contributed by atoms with E-state index in [2.05, 4.69) is 10.0 Å². The molecular formula is C17H18N2O3S2. The lowest BCUT2D eigenvalue weighted by molar-refractivity contribution is 0.102. The summed E-state index contributed by atoms with van der Waals surface area (Å²) in [5.41, 5.74) is 1.12. The molecule has 1 saturated carbocycles. The van der Waals surface area contributed by atoms with E-state index in [-0.39, 0.29) is 16.8 Å². The maximum atomic E-state index is 12.3. The largest absolute Gasteiger partial charge is 0.322 e. The Labute approximate surface area is 145 Å². The standard InChI is InChI=1S/C17H18N2O3S2/c1-23-15-4-2-3-14(11-15)18-17(20)12-5-9-16(10-6-12)24(21,22)19-13-7-8-13/h2-6,9-11,13,19H,7-8H2,1H3,(H,18,20). The van der Waals surface area contributed by atoms with Gasteiger partial charge in [0.25, 0.3) is 5.91 Å². The summed E-state index contributed by atoms with van der Waals surface area (Å²) in [5, 5.41) is 2.82. The number of carbonyl (C=O) groups excluding carboxylic acids is 1. The number of amides is 1. The Kier molecular flexibility index (Phi) is 4.93. The lowest BCUT2D eigenvalue weighted by Crippen LogP contribution is -2.25. The lowest BCUT2D eigenvalue weighted by atomic mass is 10.2.